The van der Waals surface area contributed by atoms with Crippen molar-refractivity contribution in [2.24, 2.45) is 0 Å². The van der Waals surface area contributed by atoms with E-state index in [-0.39, 0.29) is 24.3 Å². The predicted molar refractivity (Wildman–Crippen MR) is 111 cm³/mol. The summed E-state index contributed by atoms with van der Waals surface area (Å²) in [6.07, 6.45) is 2.13. The molecule has 0 aromatic heterocycles. The minimum atomic E-state index is -0.572. The Morgan fingerprint density at radius 1 is 1.13 bits per heavy atom. The number of anilines is 1. The number of esters is 1. The van der Waals surface area contributed by atoms with Gasteiger partial charge in [0.15, 0.2) is 0 Å². The summed E-state index contributed by atoms with van der Waals surface area (Å²) >= 11 is 0. The van der Waals surface area contributed by atoms with Crippen molar-refractivity contribution in [2.45, 2.75) is 19.8 Å². The Morgan fingerprint density at radius 3 is 2.23 bits per heavy atom. The first-order valence-electron chi connectivity index (χ1n) is 9.24. The topological polar surface area (TPSA) is 130 Å². The maximum atomic E-state index is 12.1. The number of benzene rings is 1. The van der Waals surface area contributed by atoms with Crippen molar-refractivity contribution in [1.29, 1.82) is 15.8 Å². The van der Waals surface area contributed by atoms with E-state index in [4.69, 9.17) is 15.3 Å². The molecule has 0 aliphatic heterocycles. The van der Waals surface area contributed by atoms with Gasteiger partial charge in [0.1, 0.15) is 18.2 Å². The van der Waals surface area contributed by atoms with Crippen LogP contribution in [-0.4, -0.2) is 38.1 Å². The standard InChI is InChI=1S/C22H23N5O3/c1-17(2)22(29)30-14-11-26-21(28)19(16-25)15-18-5-7-20(8-6-18)27(12-3-9-23)13-4-10-24/h5-8,15H,1,3-4,11-14H2,2H3,(H,26,28). The Morgan fingerprint density at radius 2 is 1.73 bits per heavy atom. The van der Waals surface area contributed by atoms with E-state index in [9.17, 15) is 14.9 Å². The molecule has 0 saturated carbocycles. The van der Waals surface area contributed by atoms with Crippen LogP contribution in [0.4, 0.5) is 5.69 Å². The van der Waals surface area contributed by atoms with Crippen molar-refractivity contribution >= 4 is 23.6 Å². The van der Waals surface area contributed by atoms with Gasteiger partial charge in [-0.15, -0.1) is 0 Å². The highest BCUT2D eigenvalue weighted by Gasteiger charge is 2.10. The van der Waals surface area contributed by atoms with Gasteiger partial charge in [-0.3, -0.25) is 4.79 Å². The third-order valence-electron chi connectivity index (χ3n) is 3.89. The van der Waals surface area contributed by atoms with Gasteiger partial charge in [0.2, 0.25) is 0 Å². The second kappa shape index (κ2) is 13.1. The molecule has 0 heterocycles. The van der Waals surface area contributed by atoms with E-state index in [1.807, 2.05) is 23.1 Å². The monoisotopic (exact) mass is 405 g/mol. The zero-order valence-corrected chi connectivity index (χ0v) is 16.9. The lowest BCUT2D eigenvalue weighted by Crippen LogP contribution is -2.29. The van der Waals surface area contributed by atoms with Crippen LogP contribution in [0, 0.1) is 34.0 Å². The largest absolute Gasteiger partial charge is 0.460 e. The number of rotatable bonds is 11. The molecular weight excluding hydrogens is 382 g/mol. The molecule has 0 spiro atoms. The van der Waals surface area contributed by atoms with Crippen molar-refractivity contribution < 1.29 is 14.3 Å². The summed E-state index contributed by atoms with van der Waals surface area (Å²) in [6.45, 7) is 6.05. The van der Waals surface area contributed by atoms with Crippen molar-refractivity contribution in [3.8, 4) is 18.2 Å². The van der Waals surface area contributed by atoms with Crippen LogP contribution < -0.4 is 10.2 Å². The van der Waals surface area contributed by atoms with Gasteiger partial charge in [0.25, 0.3) is 5.91 Å². The van der Waals surface area contributed by atoms with Crippen LogP contribution in [0.2, 0.25) is 0 Å². The van der Waals surface area contributed by atoms with Crippen LogP contribution >= 0.6 is 0 Å². The minimum absolute atomic E-state index is 0.0218. The molecule has 1 amide bonds. The van der Waals surface area contributed by atoms with E-state index >= 15 is 0 Å². The number of hydrogen-bond acceptors (Lipinski definition) is 7. The number of nitriles is 3. The smallest absolute Gasteiger partial charge is 0.333 e. The molecule has 0 unspecified atom stereocenters. The SMILES string of the molecule is C=C(C)C(=O)OCCNC(=O)C(C#N)=Cc1ccc(N(CCC#N)CCC#N)cc1. The molecule has 1 rings (SSSR count). The van der Waals surface area contributed by atoms with Gasteiger partial charge < -0.3 is 15.0 Å². The number of nitrogens with zero attached hydrogens (tertiary/aromatic N) is 4. The third-order valence-corrected chi connectivity index (χ3v) is 3.89. The lowest BCUT2D eigenvalue weighted by Gasteiger charge is -2.22. The van der Waals surface area contributed by atoms with E-state index in [0.29, 0.717) is 31.5 Å². The molecule has 8 heteroatoms. The average Bonchev–Trinajstić information content (AvgIpc) is 2.75. The minimum Gasteiger partial charge on any atom is -0.460 e. The summed E-state index contributed by atoms with van der Waals surface area (Å²) in [7, 11) is 0. The summed E-state index contributed by atoms with van der Waals surface area (Å²) in [5.74, 6) is -1.11. The first-order chi connectivity index (χ1) is 14.4. The molecule has 8 nitrogen and oxygen atoms in total. The van der Waals surface area contributed by atoms with Crippen LogP contribution in [0.25, 0.3) is 6.08 Å². The van der Waals surface area contributed by atoms with E-state index in [0.717, 1.165) is 5.69 Å². The van der Waals surface area contributed by atoms with Gasteiger partial charge in [-0.1, -0.05) is 18.7 Å². The fourth-order valence-electron chi connectivity index (χ4n) is 2.36. The Bertz CT molecular complexity index is 896. The highest BCUT2D eigenvalue weighted by molar-refractivity contribution is 6.01. The number of ether oxygens (including phenoxy) is 1. The molecule has 0 bridgehead atoms. The fraction of sp³-hybridized carbons (Fsp3) is 0.318. The third kappa shape index (κ3) is 8.29. The molecule has 0 radical (unpaired) electrons. The molecule has 0 atom stereocenters. The predicted octanol–water partition coefficient (Wildman–Crippen LogP) is 2.46. The molecule has 1 aromatic rings. The van der Waals surface area contributed by atoms with Gasteiger partial charge >= 0.3 is 5.97 Å². The summed E-state index contributed by atoms with van der Waals surface area (Å²) in [6, 6.07) is 13.2. The Hall–Kier alpha value is -4.09. The van der Waals surface area contributed by atoms with Crippen molar-refractivity contribution in [3.63, 3.8) is 0 Å². The normalized spacial score (nSPS) is 10.1. The lowest BCUT2D eigenvalue weighted by molar-refractivity contribution is -0.139. The number of amides is 1. The van der Waals surface area contributed by atoms with Gasteiger partial charge in [-0.2, -0.15) is 15.8 Å². The van der Waals surface area contributed by atoms with Crippen LogP contribution in [0.15, 0.2) is 42.0 Å². The molecule has 1 aromatic carbocycles. The fourth-order valence-corrected chi connectivity index (χ4v) is 2.36. The molecule has 1 N–H and O–H groups in total. The molecule has 0 saturated heterocycles. The highest BCUT2D eigenvalue weighted by atomic mass is 16.5. The van der Waals surface area contributed by atoms with Crippen molar-refractivity contribution in [2.75, 3.05) is 31.1 Å². The van der Waals surface area contributed by atoms with Crippen molar-refractivity contribution in [1.82, 2.24) is 5.32 Å². The quantitative estimate of drug-likeness (QED) is 0.259. The number of hydrogen-bond donors (Lipinski definition) is 1. The summed E-state index contributed by atoms with van der Waals surface area (Å²) in [4.78, 5) is 25.4. The second-order valence-electron chi connectivity index (χ2n) is 6.24. The van der Waals surface area contributed by atoms with E-state index < -0.39 is 11.9 Å². The Labute approximate surface area is 176 Å². The van der Waals surface area contributed by atoms with Crippen LogP contribution in [0.5, 0.6) is 0 Å². The molecule has 154 valence electrons. The molecule has 0 aliphatic carbocycles. The Kier molecular flexibility index (Phi) is 10.5. The maximum Gasteiger partial charge on any atom is 0.333 e. The maximum absolute atomic E-state index is 12.1. The van der Waals surface area contributed by atoms with Gasteiger partial charge in [0, 0.05) is 24.4 Å². The molecule has 0 aliphatic rings. The first kappa shape index (κ1) is 23.9. The highest BCUT2D eigenvalue weighted by Crippen LogP contribution is 2.18. The first-order valence-corrected chi connectivity index (χ1v) is 9.24. The summed E-state index contributed by atoms with van der Waals surface area (Å²) in [5.41, 5.74) is 1.68. The second-order valence-corrected chi connectivity index (χ2v) is 6.24. The molecule has 30 heavy (non-hydrogen) atoms. The average molecular weight is 405 g/mol. The van der Waals surface area contributed by atoms with E-state index in [1.54, 1.807) is 12.1 Å². The summed E-state index contributed by atoms with van der Waals surface area (Å²) in [5, 5.41) is 29.4. The summed E-state index contributed by atoms with van der Waals surface area (Å²) < 4.78 is 4.88. The number of carbonyl (C=O) groups excluding carboxylic acids is 2. The van der Waals surface area contributed by atoms with Gasteiger partial charge in [0.05, 0.1) is 31.5 Å². The van der Waals surface area contributed by atoms with Crippen LogP contribution in [0.1, 0.15) is 25.3 Å². The van der Waals surface area contributed by atoms with Crippen LogP contribution in [-0.2, 0) is 14.3 Å². The van der Waals surface area contributed by atoms with Crippen molar-refractivity contribution in [3.05, 3.63) is 47.6 Å². The number of nitrogens with one attached hydrogen (secondary N) is 1. The van der Waals surface area contributed by atoms with E-state index in [1.165, 1.54) is 13.0 Å². The van der Waals surface area contributed by atoms with Gasteiger partial charge in [-0.25, -0.2) is 4.79 Å². The zero-order valence-electron chi connectivity index (χ0n) is 16.9. The molecule has 0 fully saturated rings. The molecular formula is C22H23N5O3. The van der Waals surface area contributed by atoms with E-state index in [2.05, 4.69) is 24.0 Å². The zero-order chi connectivity index (χ0) is 22.4. The lowest BCUT2D eigenvalue weighted by atomic mass is 10.1. The van der Waals surface area contributed by atoms with Crippen LogP contribution in [0.3, 0.4) is 0 Å². The van der Waals surface area contributed by atoms with Gasteiger partial charge in [-0.05, 0) is 30.7 Å². The number of carbonyl (C=O) groups is 2. The Balaban J connectivity index is 2.75.